The Bertz CT molecular complexity index is 1380. The minimum atomic E-state index is -3.93. The van der Waals surface area contributed by atoms with Gasteiger partial charge < -0.3 is 9.88 Å². The monoisotopic (exact) mass is 487 g/mol. The predicted molar refractivity (Wildman–Crippen MR) is 124 cm³/mol. The maximum Gasteiger partial charge on any atom is 0.258 e. The van der Waals surface area contributed by atoms with Crippen molar-refractivity contribution >= 4 is 38.4 Å². The molecule has 9 nitrogen and oxygen atoms in total. The molecule has 0 saturated heterocycles. The van der Waals surface area contributed by atoms with Crippen LogP contribution in [0.4, 0.5) is 0 Å². The molecule has 0 aliphatic heterocycles. The largest absolute Gasteiger partial charge is 0.334 e. The predicted octanol–water partition coefficient (Wildman–Crippen LogP) is 2.51. The lowest BCUT2D eigenvalue weighted by Crippen LogP contribution is -2.41. The highest BCUT2D eigenvalue weighted by Crippen LogP contribution is 2.17. The van der Waals surface area contributed by atoms with Crippen LogP contribution in [0.5, 0.6) is 0 Å². The van der Waals surface area contributed by atoms with Crippen molar-refractivity contribution in [1.29, 1.82) is 5.26 Å². The Morgan fingerprint density at radius 1 is 1.21 bits per heavy atom. The van der Waals surface area contributed by atoms with Gasteiger partial charge in [-0.1, -0.05) is 18.5 Å². The second-order valence-corrected chi connectivity index (χ2v) is 9.87. The van der Waals surface area contributed by atoms with Crippen molar-refractivity contribution in [1.82, 2.24) is 19.2 Å². The van der Waals surface area contributed by atoms with E-state index in [1.807, 2.05) is 13.0 Å². The molecular formula is C22H22ClN5O4S. The lowest BCUT2D eigenvalue weighted by molar-refractivity contribution is -0.132. The number of carbonyl (C=O) groups excluding carboxylic acids is 1. The van der Waals surface area contributed by atoms with E-state index in [4.69, 9.17) is 16.9 Å². The lowest BCUT2D eigenvalue weighted by atomic mass is 10.2. The van der Waals surface area contributed by atoms with Gasteiger partial charge >= 0.3 is 0 Å². The van der Waals surface area contributed by atoms with Gasteiger partial charge in [0.05, 0.1) is 40.5 Å². The van der Waals surface area contributed by atoms with Crippen LogP contribution in [-0.2, 0) is 21.4 Å². The zero-order valence-corrected chi connectivity index (χ0v) is 19.7. The number of aromatic amines is 1. The summed E-state index contributed by atoms with van der Waals surface area (Å²) in [6, 6.07) is 12.1. The number of likely N-dealkylation sites (N-methyl/N-ethyl adjacent to an activating group) is 1. The van der Waals surface area contributed by atoms with Crippen molar-refractivity contribution in [3.8, 4) is 6.07 Å². The number of aromatic nitrogens is 2. The van der Waals surface area contributed by atoms with Gasteiger partial charge in [-0.05, 0) is 48.9 Å². The Hall–Kier alpha value is -3.26. The number of halogens is 1. The average Bonchev–Trinajstić information content (AvgIpc) is 2.78. The number of nitrogens with one attached hydrogen (secondary N) is 1. The van der Waals surface area contributed by atoms with E-state index in [-0.39, 0.29) is 22.8 Å². The number of benzene rings is 2. The van der Waals surface area contributed by atoms with Gasteiger partial charge in [-0.2, -0.15) is 9.57 Å². The standard InChI is InChI=1S/C22H22ClN5O4S/c1-3-10-28(13-20-25-19-11-16(23)6-9-18(19)22(30)26-20)21(29)14-27(2)33(31,32)17-7-4-15(12-24)5-8-17/h4-9,11H,3,10,13-14H2,1-2H3,(H,25,26,30). The molecule has 0 aliphatic carbocycles. The zero-order valence-electron chi connectivity index (χ0n) is 18.1. The van der Waals surface area contributed by atoms with Gasteiger partial charge in [0.15, 0.2) is 0 Å². The quantitative estimate of drug-likeness (QED) is 0.520. The second kappa shape index (κ2) is 10.1. The first-order valence-corrected chi connectivity index (χ1v) is 11.9. The molecule has 2 aromatic carbocycles. The van der Waals surface area contributed by atoms with Gasteiger partial charge in [-0.25, -0.2) is 13.4 Å². The molecule has 0 fully saturated rings. The molecule has 0 atom stereocenters. The number of sulfonamides is 1. The molecule has 0 bridgehead atoms. The highest BCUT2D eigenvalue weighted by atomic mass is 35.5. The number of fused-ring (bicyclic) bond motifs is 1. The van der Waals surface area contributed by atoms with Crippen molar-refractivity contribution in [3.63, 3.8) is 0 Å². The Morgan fingerprint density at radius 3 is 2.55 bits per heavy atom. The average molecular weight is 488 g/mol. The van der Waals surface area contributed by atoms with E-state index in [0.717, 1.165) is 4.31 Å². The van der Waals surface area contributed by atoms with Crippen LogP contribution in [0.25, 0.3) is 10.9 Å². The molecule has 0 unspecified atom stereocenters. The minimum Gasteiger partial charge on any atom is -0.334 e. The molecule has 33 heavy (non-hydrogen) atoms. The number of hydrogen-bond donors (Lipinski definition) is 1. The molecule has 3 aromatic rings. The smallest absolute Gasteiger partial charge is 0.258 e. The van der Waals surface area contributed by atoms with E-state index in [1.54, 1.807) is 18.2 Å². The zero-order chi connectivity index (χ0) is 24.2. The summed E-state index contributed by atoms with van der Waals surface area (Å²) in [4.78, 5) is 33.8. The summed E-state index contributed by atoms with van der Waals surface area (Å²) in [6.45, 7) is 1.84. The fourth-order valence-electron chi connectivity index (χ4n) is 3.24. The number of nitrogens with zero attached hydrogens (tertiary/aromatic N) is 4. The fraction of sp³-hybridized carbons (Fsp3) is 0.273. The molecule has 0 saturated carbocycles. The molecule has 0 radical (unpaired) electrons. The fourth-order valence-corrected chi connectivity index (χ4v) is 4.52. The first-order chi connectivity index (χ1) is 15.6. The van der Waals surface area contributed by atoms with Gasteiger partial charge in [-0.15, -0.1) is 0 Å². The number of hydrogen-bond acceptors (Lipinski definition) is 6. The summed E-state index contributed by atoms with van der Waals surface area (Å²) in [6.07, 6.45) is 0.626. The van der Waals surface area contributed by atoms with E-state index in [0.29, 0.717) is 34.5 Å². The van der Waals surface area contributed by atoms with Crippen molar-refractivity contribution in [2.24, 2.45) is 0 Å². The van der Waals surface area contributed by atoms with Crippen molar-refractivity contribution in [3.05, 3.63) is 69.2 Å². The Labute approximate surface area is 196 Å². The number of H-pyrrole nitrogens is 1. The molecule has 11 heteroatoms. The van der Waals surface area contributed by atoms with Gasteiger partial charge in [0.25, 0.3) is 5.56 Å². The van der Waals surface area contributed by atoms with Crippen LogP contribution in [0.15, 0.2) is 52.2 Å². The van der Waals surface area contributed by atoms with Crippen LogP contribution in [0.2, 0.25) is 5.02 Å². The SMILES string of the molecule is CCCN(Cc1nc2cc(Cl)ccc2c(=O)[nH]1)C(=O)CN(C)S(=O)(=O)c1ccc(C#N)cc1. The maximum atomic E-state index is 13.0. The summed E-state index contributed by atoms with van der Waals surface area (Å²) >= 11 is 6.00. The van der Waals surface area contributed by atoms with Gasteiger partial charge in [0.1, 0.15) is 5.82 Å². The van der Waals surface area contributed by atoms with E-state index >= 15 is 0 Å². The van der Waals surface area contributed by atoms with E-state index in [9.17, 15) is 18.0 Å². The van der Waals surface area contributed by atoms with E-state index in [2.05, 4.69) is 9.97 Å². The Morgan fingerprint density at radius 2 is 1.91 bits per heavy atom. The second-order valence-electron chi connectivity index (χ2n) is 7.39. The summed E-state index contributed by atoms with van der Waals surface area (Å²) in [7, 11) is -2.62. The van der Waals surface area contributed by atoms with Crippen LogP contribution in [0.1, 0.15) is 24.7 Å². The van der Waals surface area contributed by atoms with Crippen LogP contribution in [-0.4, -0.2) is 53.6 Å². The van der Waals surface area contributed by atoms with Crippen molar-refractivity contribution in [2.75, 3.05) is 20.1 Å². The van der Waals surface area contributed by atoms with Crippen molar-refractivity contribution < 1.29 is 13.2 Å². The highest BCUT2D eigenvalue weighted by Gasteiger charge is 2.25. The van der Waals surface area contributed by atoms with Crippen LogP contribution in [0.3, 0.4) is 0 Å². The Kier molecular flexibility index (Phi) is 7.48. The van der Waals surface area contributed by atoms with E-state index in [1.165, 1.54) is 36.2 Å². The van der Waals surface area contributed by atoms with Crippen LogP contribution in [0, 0.1) is 11.3 Å². The first kappa shape index (κ1) is 24.4. The number of nitriles is 1. The third kappa shape index (κ3) is 5.57. The summed E-state index contributed by atoms with van der Waals surface area (Å²) in [5.41, 5.74) is 0.390. The molecule has 1 aromatic heterocycles. The molecule has 0 aliphatic rings. The van der Waals surface area contributed by atoms with Gasteiger partial charge in [-0.3, -0.25) is 9.59 Å². The topological polar surface area (TPSA) is 127 Å². The summed E-state index contributed by atoms with van der Waals surface area (Å²) < 4.78 is 26.6. The first-order valence-electron chi connectivity index (χ1n) is 10.1. The summed E-state index contributed by atoms with van der Waals surface area (Å²) in [5, 5.41) is 9.70. The minimum absolute atomic E-state index is 0.00905. The number of rotatable bonds is 8. The third-order valence-electron chi connectivity index (χ3n) is 4.95. The summed E-state index contributed by atoms with van der Waals surface area (Å²) in [5.74, 6) is -0.167. The molecule has 172 valence electrons. The molecular weight excluding hydrogens is 466 g/mol. The third-order valence-corrected chi connectivity index (χ3v) is 7.01. The molecule has 1 N–H and O–H groups in total. The van der Waals surface area contributed by atoms with Gasteiger partial charge in [0, 0.05) is 18.6 Å². The highest BCUT2D eigenvalue weighted by molar-refractivity contribution is 7.89. The van der Waals surface area contributed by atoms with Crippen LogP contribution < -0.4 is 5.56 Å². The number of carbonyl (C=O) groups is 1. The Balaban J connectivity index is 1.80. The maximum absolute atomic E-state index is 13.0. The van der Waals surface area contributed by atoms with E-state index < -0.39 is 22.5 Å². The molecule has 1 amide bonds. The molecule has 0 spiro atoms. The lowest BCUT2D eigenvalue weighted by Gasteiger charge is -2.25. The normalized spacial score (nSPS) is 11.5. The van der Waals surface area contributed by atoms with Gasteiger partial charge in [0.2, 0.25) is 15.9 Å². The van der Waals surface area contributed by atoms with Crippen LogP contribution >= 0.6 is 11.6 Å². The number of amides is 1. The molecule has 1 heterocycles. The molecule has 3 rings (SSSR count). The van der Waals surface area contributed by atoms with Crippen molar-refractivity contribution in [2.45, 2.75) is 24.8 Å².